The molecule has 0 aromatic carbocycles. The van der Waals surface area contributed by atoms with Crippen LogP contribution < -0.4 is 11.1 Å². The van der Waals surface area contributed by atoms with Crippen LogP contribution in [0.4, 0.5) is 0 Å². The maximum atomic E-state index is 12.0. The minimum atomic E-state index is -0.00183. The fourth-order valence-corrected chi connectivity index (χ4v) is 3.02. The number of rotatable bonds is 3. The summed E-state index contributed by atoms with van der Waals surface area (Å²) in [5.41, 5.74) is 6.83. The second-order valence-corrected chi connectivity index (χ2v) is 5.72. The molecular weight excluding hydrogens is 234 g/mol. The van der Waals surface area contributed by atoms with Crippen LogP contribution in [0, 0.1) is 12.8 Å². The fourth-order valence-electron chi connectivity index (χ4n) is 2.22. The molecule has 1 aliphatic carbocycles. The van der Waals surface area contributed by atoms with Crippen molar-refractivity contribution in [3.8, 4) is 0 Å². The summed E-state index contributed by atoms with van der Waals surface area (Å²) in [5, 5.41) is 6.00. The van der Waals surface area contributed by atoms with Crippen molar-refractivity contribution in [1.29, 1.82) is 0 Å². The molecule has 1 aromatic heterocycles. The van der Waals surface area contributed by atoms with Crippen molar-refractivity contribution in [1.82, 2.24) is 10.3 Å². The van der Waals surface area contributed by atoms with Crippen LogP contribution in [0.3, 0.4) is 0 Å². The molecule has 1 fully saturated rings. The Morgan fingerprint density at radius 3 is 2.94 bits per heavy atom. The van der Waals surface area contributed by atoms with E-state index in [4.69, 9.17) is 5.73 Å². The van der Waals surface area contributed by atoms with Gasteiger partial charge in [-0.25, -0.2) is 4.98 Å². The SMILES string of the molecule is Cc1csc(C(C)NC(=O)C2CCC(N)C2)n1. The topological polar surface area (TPSA) is 68.0 Å². The summed E-state index contributed by atoms with van der Waals surface area (Å²) in [5.74, 6) is 0.215. The zero-order chi connectivity index (χ0) is 12.4. The first kappa shape index (κ1) is 12.5. The zero-order valence-corrected chi connectivity index (χ0v) is 11.1. The summed E-state index contributed by atoms with van der Waals surface area (Å²) in [7, 11) is 0. The summed E-state index contributed by atoms with van der Waals surface area (Å²) in [6.45, 7) is 3.94. The standard InChI is InChI=1S/C12H19N3OS/c1-7-6-17-12(14-7)8(2)15-11(16)9-3-4-10(13)5-9/h6,8-10H,3-5,13H2,1-2H3,(H,15,16). The van der Waals surface area contributed by atoms with Gasteiger partial charge in [0, 0.05) is 23.0 Å². The molecule has 1 saturated carbocycles. The fraction of sp³-hybridized carbons (Fsp3) is 0.667. The highest BCUT2D eigenvalue weighted by Crippen LogP contribution is 2.25. The van der Waals surface area contributed by atoms with E-state index < -0.39 is 0 Å². The first-order valence-electron chi connectivity index (χ1n) is 6.04. The Morgan fingerprint density at radius 1 is 1.65 bits per heavy atom. The molecule has 17 heavy (non-hydrogen) atoms. The van der Waals surface area contributed by atoms with E-state index >= 15 is 0 Å². The van der Waals surface area contributed by atoms with E-state index in [9.17, 15) is 4.79 Å². The first-order valence-corrected chi connectivity index (χ1v) is 6.92. The largest absolute Gasteiger partial charge is 0.347 e. The lowest BCUT2D eigenvalue weighted by molar-refractivity contribution is -0.125. The highest BCUT2D eigenvalue weighted by molar-refractivity contribution is 7.09. The van der Waals surface area contributed by atoms with Gasteiger partial charge in [0.2, 0.25) is 5.91 Å². The molecule has 1 amide bonds. The summed E-state index contributed by atoms with van der Waals surface area (Å²) < 4.78 is 0. The number of nitrogens with zero attached hydrogens (tertiary/aromatic N) is 1. The Bertz CT molecular complexity index is 404. The number of nitrogens with two attached hydrogens (primary N) is 1. The maximum absolute atomic E-state index is 12.0. The van der Waals surface area contributed by atoms with Crippen LogP contribution in [0.1, 0.15) is 42.9 Å². The lowest BCUT2D eigenvalue weighted by Gasteiger charge is -2.15. The van der Waals surface area contributed by atoms with Gasteiger partial charge in [0.05, 0.1) is 6.04 Å². The Kier molecular flexibility index (Phi) is 3.79. The quantitative estimate of drug-likeness (QED) is 0.862. The van der Waals surface area contributed by atoms with Crippen LogP contribution >= 0.6 is 11.3 Å². The van der Waals surface area contributed by atoms with Gasteiger partial charge in [-0.2, -0.15) is 0 Å². The van der Waals surface area contributed by atoms with Crippen LogP contribution in [0.2, 0.25) is 0 Å². The molecule has 0 saturated heterocycles. The van der Waals surface area contributed by atoms with Crippen molar-refractivity contribution >= 4 is 17.2 Å². The van der Waals surface area contributed by atoms with Crippen molar-refractivity contribution in [3.63, 3.8) is 0 Å². The second-order valence-electron chi connectivity index (χ2n) is 4.83. The first-order chi connectivity index (χ1) is 8.06. The average molecular weight is 253 g/mol. The zero-order valence-electron chi connectivity index (χ0n) is 10.3. The normalized spacial score (nSPS) is 25.8. The highest BCUT2D eigenvalue weighted by Gasteiger charge is 2.28. The average Bonchev–Trinajstić information content (AvgIpc) is 2.87. The molecule has 0 spiro atoms. The molecule has 4 nitrogen and oxygen atoms in total. The van der Waals surface area contributed by atoms with Gasteiger partial charge in [-0.3, -0.25) is 4.79 Å². The van der Waals surface area contributed by atoms with Crippen molar-refractivity contribution < 1.29 is 4.79 Å². The molecule has 0 aliphatic heterocycles. The Morgan fingerprint density at radius 2 is 2.41 bits per heavy atom. The smallest absolute Gasteiger partial charge is 0.223 e. The van der Waals surface area contributed by atoms with Crippen molar-refractivity contribution in [2.75, 3.05) is 0 Å². The monoisotopic (exact) mass is 253 g/mol. The third kappa shape index (κ3) is 3.04. The minimum absolute atomic E-state index is 0.00183. The number of carbonyl (C=O) groups is 1. The number of hydrogen-bond donors (Lipinski definition) is 2. The summed E-state index contributed by atoms with van der Waals surface area (Å²) in [6, 6.07) is 0.196. The van der Waals surface area contributed by atoms with Crippen LogP contribution in [0.25, 0.3) is 0 Å². The van der Waals surface area contributed by atoms with Gasteiger partial charge in [0.25, 0.3) is 0 Å². The molecule has 2 rings (SSSR count). The molecule has 3 atom stereocenters. The van der Waals surface area contributed by atoms with E-state index in [0.29, 0.717) is 0 Å². The number of nitrogens with one attached hydrogen (secondary N) is 1. The highest BCUT2D eigenvalue weighted by atomic mass is 32.1. The Hall–Kier alpha value is -0.940. The van der Waals surface area contributed by atoms with E-state index in [-0.39, 0.29) is 23.9 Å². The molecule has 1 aliphatic rings. The summed E-state index contributed by atoms with van der Waals surface area (Å²) >= 11 is 1.59. The lowest BCUT2D eigenvalue weighted by atomic mass is 10.1. The minimum Gasteiger partial charge on any atom is -0.347 e. The number of thiazole rings is 1. The molecule has 5 heteroatoms. The number of amides is 1. The maximum Gasteiger partial charge on any atom is 0.223 e. The third-order valence-corrected chi connectivity index (χ3v) is 4.36. The van der Waals surface area contributed by atoms with Crippen LogP contribution in [-0.4, -0.2) is 16.9 Å². The van der Waals surface area contributed by atoms with Crippen molar-refractivity contribution in [2.24, 2.45) is 11.7 Å². The van der Waals surface area contributed by atoms with E-state index in [2.05, 4.69) is 10.3 Å². The molecule has 3 N–H and O–H groups in total. The summed E-state index contributed by atoms with van der Waals surface area (Å²) in [6.07, 6.45) is 2.69. The number of carbonyl (C=O) groups excluding carboxylic acids is 1. The van der Waals surface area contributed by atoms with E-state index in [1.165, 1.54) is 0 Å². The Balaban J connectivity index is 1.90. The number of aromatic nitrogens is 1. The molecule has 1 heterocycles. The molecule has 0 radical (unpaired) electrons. The third-order valence-electron chi connectivity index (χ3n) is 3.21. The van der Waals surface area contributed by atoms with Gasteiger partial charge < -0.3 is 11.1 Å². The van der Waals surface area contributed by atoms with E-state index in [0.717, 1.165) is 30.0 Å². The van der Waals surface area contributed by atoms with Gasteiger partial charge in [-0.15, -0.1) is 11.3 Å². The Labute approximate surface area is 106 Å². The molecular formula is C12H19N3OS. The molecule has 3 unspecified atom stereocenters. The number of aryl methyl sites for hydroxylation is 1. The second kappa shape index (κ2) is 5.14. The van der Waals surface area contributed by atoms with Gasteiger partial charge in [-0.1, -0.05) is 0 Å². The molecule has 1 aromatic rings. The predicted molar refractivity (Wildman–Crippen MR) is 68.7 cm³/mol. The van der Waals surface area contributed by atoms with Crippen molar-refractivity contribution in [3.05, 3.63) is 16.1 Å². The van der Waals surface area contributed by atoms with Gasteiger partial charge >= 0.3 is 0 Å². The van der Waals surface area contributed by atoms with Gasteiger partial charge in [0.1, 0.15) is 5.01 Å². The number of hydrogen-bond acceptors (Lipinski definition) is 4. The predicted octanol–water partition coefficient (Wildman–Crippen LogP) is 1.76. The van der Waals surface area contributed by atoms with Crippen molar-refractivity contribution in [2.45, 2.75) is 45.2 Å². The van der Waals surface area contributed by atoms with Crippen LogP contribution in [0.5, 0.6) is 0 Å². The van der Waals surface area contributed by atoms with E-state index in [1.54, 1.807) is 11.3 Å². The molecule has 0 bridgehead atoms. The van der Waals surface area contributed by atoms with Gasteiger partial charge in [-0.05, 0) is 33.1 Å². The summed E-state index contributed by atoms with van der Waals surface area (Å²) in [4.78, 5) is 16.4. The van der Waals surface area contributed by atoms with E-state index in [1.807, 2.05) is 19.2 Å². The van der Waals surface area contributed by atoms with Gasteiger partial charge in [0.15, 0.2) is 0 Å². The lowest BCUT2D eigenvalue weighted by Crippen LogP contribution is -2.32. The molecule has 94 valence electrons. The van der Waals surface area contributed by atoms with Crippen LogP contribution in [0.15, 0.2) is 5.38 Å². The van der Waals surface area contributed by atoms with Crippen LogP contribution in [-0.2, 0) is 4.79 Å².